The molecule has 196 valence electrons. The minimum absolute atomic E-state index is 0.00346. The maximum absolute atomic E-state index is 13.8. The molecule has 9 heteroatoms. The SMILES string of the molecule is CCNC(=O)[C@H](C)N(Cc1ccc(F)cc1)C(=O)CN(c1cc(C)cc(C)c1)S(=O)(=O)c1ccccc1. The van der Waals surface area contributed by atoms with Crippen LogP contribution in [0.1, 0.15) is 30.5 Å². The molecule has 0 aromatic heterocycles. The monoisotopic (exact) mass is 525 g/mol. The maximum Gasteiger partial charge on any atom is 0.264 e. The molecule has 0 unspecified atom stereocenters. The van der Waals surface area contributed by atoms with Gasteiger partial charge in [-0.2, -0.15) is 0 Å². The third-order valence-electron chi connectivity index (χ3n) is 5.89. The predicted molar refractivity (Wildman–Crippen MR) is 142 cm³/mol. The second kappa shape index (κ2) is 12.0. The fourth-order valence-corrected chi connectivity index (χ4v) is 5.45. The normalized spacial score (nSPS) is 12.0. The van der Waals surface area contributed by atoms with Gasteiger partial charge in [0.05, 0.1) is 10.6 Å². The van der Waals surface area contributed by atoms with Crippen LogP contribution in [0.2, 0.25) is 0 Å². The smallest absolute Gasteiger partial charge is 0.264 e. The number of hydrogen-bond acceptors (Lipinski definition) is 4. The van der Waals surface area contributed by atoms with Gasteiger partial charge in [-0.1, -0.05) is 36.4 Å². The van der Waals surface area contributed by atoms with Crippen LogP contribution in [0.5, 0.6) is 0 Å². The van der Waals surface area contributed by atoms with Gasteiger partial charge < -0.3 is 10.2 Å². The third-order valence-corrected chi connectivity index (χ3v) is 7.68. The van der Waals surface area contributed by atoms with Gasteiger partial charge in [0.1, 0.15) is 18.4 Å². The van der Waals surface area contributed by atoms with Crippen molar-refractivity contribution in [1.82, 2.24) is 10.2 Å². The van der Waals surface area contributed by atoms with E-state index in [0.717, 1.165) is 15.4 Å². The first-order valence-corrected chi connectivity index (χ1v) is 13.4. The van der Waals surface area contributed by atoms with E-state index in [4.69, 9.17) is 0 Å². The number of nitrogens with zero attached hydrogens (tertiary/aromatic N) is 2. The minimum Gasteiger partial charge on any atom is -0.355 e. The molecule has 0 fully saturated rings. The van der Waals surface area contributed by atoms with Crippen molar-refractivity contribution in [1.29, 1.82) is 0 Å². The number of nitrogens with one attached hydrogen (secondary N) is 1. The lowest BCUT2D eigenvalue weighted by Crippen LogP contribution is -2.51. The fourth-order valence-electron chi connectivity index (χ4n) is 4.03. The average Bonchev–Trinajstić information content (AvgIpc) is 2.86. The molecule has 7 nitrogen and oxygen atoms in total. The summed E-state index contributed by atoms with van der Waals surface area (Å²) < 4.78 is 42.0. The van der Waals surface area contributed by atoms with Crippen molar-refractivity contribution in [2.75, 3.05) is 17.4 Å². The molecule has 0 saturated carbocycles. The van der Waals surface area contributed by atoms with Crippen molar-refractivity contribution in [3.8, 4) is 0 Å². The van der Waals surface area contributed by atoms with Crippen LogP contribution in [0, 0.1) is 19.7 Å². The summed E-state index contributed by atoms with van der Waals surface area (Å²) in [5.74, 6) is -1.36. The van der Waals surface area contributed by atoms with Crippen LogP contribution in [0.3, 0.4) is 0 Å². The molecule has 3 aromatic carbocycles. The number of carbonyl (C=O) groups is 2. The molecule has 2 amide bonds. The van der Waals surface area contributed by atoms with Gasteiger partial charge in [-0.3, -0.25) is 13.9 Å². The number of halogens is 1. The van der Waals surface area contributed by atoms with E-state index >= 15 is 0 Å². The Morgan fingerprint density at radius 1 is 0.946 bits per heavy atom. The molecule has 0 saturated heterocycles. The Labute approximate surface area is 218 Å². The van der Waals surface area contributed by atoms with E-state index in [1.807, 2.05) is 19.9 Å². The fraction of sp³-hybridized carbons (Fsp3) is 0.286. The highest BCUT2D eigenvalue weighted by Gasteiger charge is 2.32. The highest BCUT2D eigenvalue weighted by Crippen LogP contribution is 2.26. The van der Waals surface area contributed by atoms with E-state index in [2.05, 4.69) is 5.32 Å². The van der Waals surface area contributed by atoms with E-state index in [1.54, 1.807) is 44.2 Å². The number of carbonyl (C=O) groups excluding carboxylic acids is 2. The summed E-state index contributed by atoms with van der Waals surface area (Å²) in [6.07, 6.45) is 0. The van der Waals surface area contributed by atoms with E-state index in [1.165, 1.54) is 41.3 Å². The Balaban J connectivity index is 2.04. The Kier molecular flexibility index (Phi) is 9.04. The van der Waals surface area contributed by atoms with Gasteiger partial charge in [0.2, 0.25) is 11.8 Å². The number of rotatable bonds is 10. The second-order valence-corrected chi connectivity index (χ2v) is 10.8. The van der Waals surface area contributed by atoms with Crippen LogP contribution in [0.25, 0.3) is 0 Å². The van der Waals surface area contributed by atoms with Crippen molar-refractivity contribution in [3.05, 3.63) is 95.3 Å². The number of benzene rings is 3. The quantitative estimate of drug-likeness (QED) is 0.430. The summed E-state index contributed by atoms with van der Waals surface area (Å²) in [7, 11) is -4.12. The van der Waals surface area contributed by atoms with Gasteiger partial charge in [0.25, 0.3) is 10.0 Å². The van der Waals surface area contributed by atoms with Crippen molar-refractivity contribution in [3.63, 3.8) is 0 Å². The lowest BCUT2D eigenvalue weighted by atomic mass is 10.1. The van der Waals surface area contributed by atoms with Crippen molar-refractivity contribution < 1.29 is 22.4 Å². The van der Waals surface area contributed by atoms with Crippen LogP contribution < -0.4 is 9.62 Å². The zero-order valence-corrected chi connectivity index (χ0v) is 22.3. The summed E-state index contributed by atoms with van der Waals surface area (Å²) in [6.45, 7) is 6.91. The largest absolute Gasteiger partial charge is 0.355 e. The molecular formula is C28H32FN3O4S. The first-order valence-electron chi connectivity index (χ1n) is 12.0. The summed E-state index contributed by atoms with van der Waals surface area (Å²) in [4.78, 5) is 27.8. The topological polar surface area (TPSA) is 86.8 Å². The number of likely N-dealkylation sites (N-methyl/N-ethyl adjacent to an activating group) is 1. The molecule has 0 heterocycles. The summed E-state index contributed by atoms with van der Waals surface area (Å²) in [6, 6.07) is 17.9. The Morgan fingerprint density at radius 3 is 2.11 bits per heavy atom. The van der Waals surface area contributed by atoms with Crippen LogP contribution >= 0.6 is 0 Å². The number of sulfonamides is 1. The summed E-state index contributed by atoms with van der Waals surface area (Å²) in [5.41, 5.74) is 2.64. The van der Waals surface area contributed by atoms with Crippen LogP contribution in [-0.4, -0.2) is 44.3 Å². The molecular weight excluding hydrogens is 493 g/mol. The Morgan fingerprint density at radius 2 is 1.54 bits per heavy atom. The van der Waals surface area contributed by atoms with Crippen LogP contribution in [0.15, 0.2) is 77.7 Å². The van der Waals surface area contributed by atoms with Crippen LogP contribution in [-0.2, 0) is 26.2 Å². The molecule has 0 aliphatic rings. The molecule has 37 heavy (non-hydrogen) atoms. The van der Waals surface area contributed by atoms with Crippen molar-refractivity contribution in [2.45, 2.75) is 45.2 Å². The van der Waals surface area contributed by atoms with Gasteiger partial charge in [-0.25, -0.2) is 12.8 Å². The average molecular weight is 526 g/mol. The molecule has 0 radical (unpaired) electrons. The lowest BCUT2D eigenvalue weighted by molar-refractivity contribution is -0.139. The number of anilines is 1. The molecule has 0 bridgehead atoms. The molecule has 3 aromatic rings. The zero-order valence-electron chi connectivity index (χ0n) is 21.4. The molecule has 0 aliphatic carbocycles. The predicted octanol–water partition coefficient (Wildman–Crippen LogP) is 4.19. The van der Waals surface area contributed by atoms with Gasteiger partial charge in [-0.05, 0) is 80.8 Å². The highest BCUT2D eigenvalue weighted by molar-refractivity contribution is 7.92. The van der Waals surface area contributed by atoms with E-state index in [9.17, 15) is 22.4 Å². The van der Waals surface area contributed by atoms with E-state index in [-0.39, 0.29) is 17.3 Å². The second-order valence-electron chi connectivity index (χ2n) is 8.89. The molecule has 0 aliphatic heterocycles. The number of aryl methyl sites for hydroxylation is 2. The summed E-state index contributed by atoms with van der Waals surface area (Å²) in [5, 5.41) is 2.71. The maximum atomic E-state index is 13.8. The van der Waals surface area contributed by atoms with E-state index < -0.39 is 34.3 Å². The molecule has 1 atom stereocenters. The summed E-state index contributed by atoms with van der Waals surface area (Å²) >= 11 is 0. The number of hydrogen-bond donors (Lipinski definition) is 1. The Bertz CT molecular complexity index is 1330. The van der Waals surface area contributed by atoms with Gasteiger partial charge in [0, 0.05) is 13.1 Å². The standard InChI is InChI=1S/C28H32FN3O4S/c1-5-30-28(34)22(4)31(18-23-11-13-24(29)14-12-23)27(33)19-32(25-16-20(2)15-21(3)17-25)37(35,36)26-9-7-6-8-10-26/h6-17,22H,5,18-19H2,1-4H3,(H,30,34)/t22-/m0/s1. The van der Waals surface area contributed by atoms with Crippen molar-refractivity contribution >= 4 is 27.5 Å². The van der Waals surface area contributed by atoms with Gasteiger partial charge in [0.15, 0.2) is 0 Å². The van der Waals surface area contributed by atoms with Gasteiger partial charge in [-0.15, -0.1) is 0 Å². The first-order chi connectivity index (χ1) is 17.5. The minimum atomic E-state index is -4.12. The molecule has 3 rings (SSSR count). The highest BCUT2D eigenvalue weighted by atomic mass is 32.2. The van der Waals surface area contributed by atoms with Gasteiger partial charge >= 0.3 is 0 Å². The molecule has 1 N–H and O–H groups in total. The van der Waals surface area contributed by atoms with Crippen molar-refractivity contribution in [2.24, 2.45) is 0 Å². The van der Waals surface area contributed by atoms with E-state index in [0.29, 0.717) is 17.8 Å². The first kappa shape index (κ1) is 27.9. The number of amides is 2. The zero-order chi connectivity index (χ0) is 27.2. The Hall–Kier alpha value is -3.72. The third kappa shape index (κ3) is 6.95. The lowest BCUT2D eigenvalue weighted by Gasteiger charge is -2.32. The molecule has 0 spiro atoms. The van der Waals surface area contributed by atoms with Crippen LogP contribution in [0.4, 0.5) is 10.1 Å².